The molecule has 1 N–H and O–H groups in total. The Morgan fingerprint density at radius 3 is 3.04 bits per heavy atom. The summed E-state index contributed by atoms with van der Waals surface area (Å²) in [6.07, 6.45) is 7.04. The lowest BCUT2D eigenvalue weighted by molar-refractivity contribution is 0.0735. The third-order valence-electron chi connectivity index (χ3n) is 4.64. The first-order chi connectivity index (χ1) is 12.3. The van der Waals surface area contributed by atoms with Crippen LogP contribution in [0.3, 0.4) is 0 Å². The number of carbonyl (C=O) groups excluding carboxylic acids is 1. The zero-order valence-electron chi connectivity index (χ0n) is 14.0. The first-order valence-corrected chi connectivity index (χ1v) is 8.42. The van der Waals surface area contributed by atoms with Gasteiger partial charge >= 0.3 is 0 Å². The minimum absolute atomic E-state index is 0.0257. The van der Waals surface area contributed by atoms with Crippen molar-refractivity contribution < 1.29 is 4.79 Å². The molecule has 0 bridgehead atoms. The molecule has 6 nitrogen and oxygen atoms in total. The zero-order valence-corrected chi connectivity index (χ0v) is 14.0. The fourth-order valence-electron chi connectivity index (χ4n) is 3.42. The Kier molecular flexibility index (Phi) is 4.01. The second-order valence-electron chi connectivity index (χ2n) is 6.11. The molecule has 1 amide bonds. The van der Waals surface area contributed by atoms with Crippen molar-refractivity contribution in [3.05, 3.63) is 60.2 Å². The van der Waals surface area contributed by atoms with Crippen LogP contribution < -0.4 is 5.32 Å². The molecule has 126 valence electrons. The summed E-state index contributed by atoms with van der Waals surface area (Å²) in [5.41, 5.74) is 2.35. The molecule has 0 unspecified atom stereocenters. The molecule has 1 aliphatic heterocycles. The van der Waals surface area contributed by atoms with Crippen LogP contribution in [-0.4, -0.2) is 39.4 Å². The van der Waals surface area contributed by atoms with E-state index in [1.807, 2.05) is 42.3 Å². The molecule has 0 radical (unpaired) electrons. The quantitative estimate of drug-likeness (QED) is 0.798. The van der Waals surface area contributed by atoms with Crippen molar-refractivity contribution in [2.45, 2.75) is 18.9 Å². The minimum Gasteiger partial charge on any atom is -0.372 e. The number of hydrogen-bond acceptors (Lipinski definition) is 5. The number of rotatable bonds is 3. The molecule has 0 spiro atoms. The molecule has 0 aliphatic carbocycles. The maximum absolute atomic E-state index is 13.2. The summed E-state index contributed by atoms with van der Waals surface area (Å²) >= 11 is 0. The van der Waals surface area contributed by atoms with Crippen molar-refractivity contribution in [3.8, 4) is 0 Å². The van der Waals surface area contributed by atoms with Gasteiger partial charge in [0, 0.05) is 30.7 Å². The molecular formula is C19H19N5O. The predicted molar refractivity (Wildman–Crippen MR) is 96.3 cm³/mol. The molecule has 0 saturated carbocycles. The Balaban J connectivity index is 1.71. The van der Waals surface area contributed by atoms with Crippen molar-refractivity contribution in [1.29, 1.82) is 0 Å². The minimum atomic E-state index is -0.0415. The van der Waals surface area contributed by atoms with Crippen LogP contribution in [0, 0.1) is 0 Å². The van der Waals surface area contributed by atoms with Gasteiger partial charge in [-0.3, -0.25) is 14.8 Å². The molecule has 1 fully saturated rings. The van der Waals surface area contributed by atoms with E-state index in [0.29, 0.717) is 11.4 Å². The molecule has 3 heterocycles. The lowest BCUT2D eigenvalue weighted by atomic mass is 10.1. The summed E-state index contributed by atoms with van der Waals surface area (Å²) in [5.74, 6) is 0.740. The molecule has 4 rings (SSSR count). The standard InChI is InChI=1S/C19H19N5O/c1-20-18-12-21-11-16(23-18)17-8-4-10-24(17)19(25)14-5-2-7-15-13(14)6-3-9-22-15/h2-3,5-7,9,11-12,17H,4,8,10H2,1H3,(H,20,23)/t17-/m0/s1. The van der Waals surface area contributed by atoms with E-state index >= 15 is 0 Å². The molecule has 1 aromatic carbocycles. The number of benzene rings is 1. The maximum atomic E-state index is 13.2. The Morgan fingerprint density at radius 2 is 2.16 bits per heavy atom. The van der Waals surface area contributed by atoms with Crippen LogP contribution in [0.15, 0.2) is 48.9 Å². The van der Waals surface area contributed by atoms with Gasteiger partial charge in [-0.25, -0.2) is 4.98 Å². The van der Waals surface area contributed by atoms with E-state index in [2.05, 4.69) is 20.3 Å². The van der Waals surface area contributed by atoms with Crippen molar-refractivity contribution >= 4 is 22.6 Å². The van der Waals surface area contributed by atoms with Gasteiger partial charge in [0.25, 0.3) is 5.91 Å². The Labute approximate surface area is 145 Å². The highest BCUT2D eigenvalue weighted by Gasteiger charge is 2.32. The summed E-state index contributed by atoms with van der Waals surface area (Å²) in [7, 11) is 1.81. The number of aromatic nitrogens is 3. The third kappa shape index (κ3) is 2.80. The first-order valence-electron chi connectivity index (χ1n) is 8.42. The van der Waals surface area contributed by atoms with Crippen molar-refractivity contribution in [2.24, 2.45) is 0 Å². The molecule has 3 aromatic rings. The van der Waals surface area contributed by atoms with Crippen LogP contribution in [0.2, 0.25) is 0 Å². The number of nitrogens with one attached hydrogen (secondary N) is 1. The number of pyridine rings is 1. The maximum Gasteiger partial charge on any atom is 0.255 e. The van der Waals surface area contributed by atoms with E-state index < -0.39 is 0 Å². The topological polar surface area (TPSA) is 71.0 Å². The average molecular weight is 333 g/mol. The van der Waals surface area contributed by atoms with Gasteiger partial charge < -0.3 is 10.2 Å². The van der Waals surface area contributed by atoms with Crippen LogP contribution in [0.4, 0.5) is 5.82 Å². The fourth-order valence-corrected chi connectivity index (χ4v) is 3.42. The van der Waals surface area contributed by atoms with Crippen molar-refractivity contribution in [2.75, 3.05) is 18.9 Å². The predicted octanol–water partition coefficient (Wildman–Crippen LogP) is 3.04. The van der Waals surface area contributed by atoms with Gasteiger partial charge in [0.05, 0.1) is 29.6 Å². The molecular weight excluding hydrogens is 314 g/mol. The number of likely N-dealkylation sites (tertiary alicyclic amines) is 1. The van der Waals surface area contributed by atoms with Gasteiger partial charge in [-0.2, -0.15) is 0 Å². The largest absolute Gasteiger partial charge is 0.372 e. The summed E-state index contributed by atoms with van der Waals surface area (Å²) in [4.78, 5) is 28.3. The van der Waals surface area contributed by atoms with Gasteiger partial charge in [0.2, 0.25) is 0 Å². The van der Waals surface area contributed by atoms with Gasteiger partial charge in [0.1, 0.15) is 5.82 Å². The molecule has 1 aliphatic rings. The van der Waals surface area contributed by atoms with E-state index in [4.69, 9.17) is 0 Å². The summed E-state index contributed by atoms with van der Waals surface area (Å²) < 4.78 is 0. The van der Waals surface area contributed by atoms with E-state index in [9.17, 15) is 4.79 Å². The first kappa shape index (κ1) is 15.5. The fraction of sp³-hybridized carbons (Fsp3) is 0.263. The summed E-state index contributed by atoms with van der Waals surface area (Å²) in [5, 5.41) is 3.89. The normalized spacial score (nSPS) is 17.0. The van der Waals surface area contributed by atoms with Crippen molar-refractivity contribution in [1.82, 2.24) is 19.9 Å². The Morgan fingerprint density at radius 1 is 1.24 bits per heavy atom. The van der Waals surface area contributed by atoms with Crippen LogP contribution in [-0.2, 0) is 0 Å². The molecule has 1 saturated heterocycles. The van der Waals surface area contributed by atoms with Gasteiger partial charge in [-0.15, -0.1) is 0 Å². The molecule has 25 heavy (non-hydrogen) atoms. The SMILES string of the molecule is CNc1cncc([C@@H]2CCCN2C(=O)c2cccc3ncccc23)n1. The van der Waals surface area contributed by atoms with Gasteiger partial charge in [-0.05, 0) is 31.0 Å². The van der Waals surface area contributed by atoms with Crippen LogP contribution in [0.25, 0.3) is 10.9 Å². The van der Waals surface area contributed by atoms with Gasteiger partial charge in [-0.1, -0.05) is 12.1 Å². The van der Waals surface area contributed by atoms with Crippen LogP contribution >= 0.6 is 0 Å². The highest BCUT2D eigenvalue weighted by atomic mass is 16.2. The lowest BCUT2D eigenvalue weighted by Crippen LogP contribution is -2.31. The second-order valence-corrected chi connectivity index (χ2v) is 6.11. The molecule has 1 atom stereocenters. The highest BCUT2D eigenvalue weighted by molar-refractivity contribution is 6.06. The highest BCUT2D eigenvalue weighted by Crippen LogP contribution is 2.33. The number of nitrogens with zero attached hydrogens (tertiary/aromatic N) is 4. The second kappa shape index (κ2) is 6.47. The summed E-state index contributed by atoms with van der Waals surface area (Å²) in [6.45, 7) is 0.728. The van der Waals surface area contributed by atoms with E-state index in [-0.39, 0.29) is 11.9 Å². The number of fused-ring (bicyclic) bond motifs is 1. The van der Waals surface area contributed by atoms with E-state index in [1.165, 1.54) is 0 Å². The van der Waals surface area contributed by atoms with Gasteiger partial charge in [0.15, 0.2) is 0 Å². The lowest BCUT2D eigenvalue weighted by Gasteiger charge is -2.25. The number of hydrogen-bond donors (Lipinski definition) is 1. The monoisotopic (exact) mass is 333 g/mol. The molecule has 6 heteroatoms. The average Bonchev–Trinajstić information content (AvgIpc) is 3.17. The Hall–Kier alpha value is -3.02. The molecule has 2 aromatic heterocycles. The third-order valence-corrected chi connectivity index (χ3v) is 4.64. The zero-order chi connectivity index (χ0) is 17.2. The van der Waals surface area contributed by atoms with E-state index in [1.54, 1.807) is 18.6 Å². The summed E-state index contributed by atoms with van der Waals surface area (Å²) in [6, 6.07) is 9.45. The van der Waals surface area contributed by atoms with Crippen LogP contribution in [0.5, 0.6) is 0 Å². The number of amides is 1. The van der Waals surface area contributed by atoms with E-state index in [0.717, 1.165) is 36.0 Å². The van der Waals surface area contributed by atoms with Crippen molar-refractivity contribution in [3.63, 3.8) is 0 Å². The smallest absolute Gasteiger partial charge is 0.255 e. The van der Waals surface area contributed by atoms with Crippen LogP contribution in [0.1, 0.15) is 34.9 Å². The Bertz CT molecular complexity index is 921. The number of carbonyl (C=O) groups is 1. The number of anilines is 1.